The van der Waals surface area contributed by atoms with Crippen molar-refractivity contribution in [1.82, 2.24) is 9.55 Å². The van der Waals surface area contributed by atoms with Gasteiger partial charge in [0.25, 0.3) is 0 Å². The van der Waals surface area contributed by atoms with Crippen LogP contribution in [0.25, 0.3) is 11.3 Å². The fourth-order valence-electron chi connectivity index (χ4n) is 2.83. The van der Waals surface area contributed by atoms with Crippen LogP contribution in [0.3, 0.4) is 0 Å². The highest BCUT2D eigenvalue weighted by Crippen LogP contribution is 2.30. The Morgan fingerprint density at radius 2 is 1.83 bits per heavy atom. The van der Waals surface area contributed by atoms with E-state index < -0.39 is 0 Å². The van der Waals surface area contributed by atoms with Crippen molar-refractivity contribution in [2.45, 2.75) is 39.7 Å². The van der Waals surface area contributed by atoms with E-state index in [4.69, 9.17) is 10.7 Å². The summed E-state index contributed by atoms with van der Waals surface area (Å²) in [7, 11) is 0. The number of hydrogen-bond donors (Lipinski definition) is 1. The molecule has 2 N–H and O–H groups in total. The highest BCUT2D eigenvalue weighted by molar-refractivity contribution is 5.72. The van der Waals surface area contributed by atoms with Crippen LogP contribution in [0.4, 0.5) is 5.82 Å². The molecule has 1 aromatic carbocycles. The molecule has 2 heterocycles. The fourth-order valence-corrected chi connectivity index (χ4v) is 2.83. The molecule has 3 nitrogen and oxygen atoms in total. The van der Waals surface area contributed by atoms with E-state index in [1.54, 1.807) is 0 Å². The number of nitrogens with zero attached hydrogens (tertiary/aromatic N) is 2. The highest BCUT2D eigenvalue weighted by atomic mass is 15.1. The second-order valence-corrected chi connectivity index (χ2v) is 5.25. The van der Waals surface area contributed by atoms with Crippen molar-refractivity contribution < 1.29 is 0 Å². The van der Waals surface area contributed by atoms with Crippen molar-refractivity contribution in [3.05, 3.63) is 35.2 Å². The molecule has 0 spiro atoms. The highest BCUT2D eigenvalue weighted by Gasteiger charge is 2.18. The molecule has 0 atom stereocenters. The Morgan fingerprint density at radius 1 is 1.11 bits per heavy atom. The first-order chi connectivity index (χ1) is 8.65. The molecule has 0 bridgehead atoms. The van der Waals surface area contributed by atoms with E-state index in [1.807, 2.05) is 0 Å². The lowest BCUT2D eigenvalue weighted by molar-refractivity contribution is 0.527. The molecule has 18 heavy (non-hydrogen) atoms. The first kappa shape index (κ1) is 11.3. The normalized spacial score (nSPS) is 14.6. The van der Waals surface area contributed by atoms with E-state index >= 15 is 0 Å². The van der Waals surface area contributed by atoms with Crippen molar-refractivity contribution in [2.75, 3.05) is 5.73 Å². The maximum Gasteiger partial charge on any atom is 0.131 e. The van der Waals surface area contributed by atoms with Gasteiger partial charge in [0.15, 0.2) is 0 Å². The van der Waals surface area contributed by atoms with Crippen LogP contribution < -0.4 is 5.73 Å². The molecular weight excluding hydrogens is 222 g/mol. The van der Waals surface area contributed by atoms with Gasteiger partial charge in [0.05, 0.1) is 0 Å². The van der Waals surface area contributed by atoms with Gasteiger partial charge in [-0.15, -0.1) is 0 Å². The summed E-state index contributed by atoms with van der Waals surface area (Å²) in [4.78, 5) is 4.74. The van der Waals surface area contributed by atoms with E-state index in [-0.39, 0.29) is 0 Å². The van der Waals surface area contributed by atoms with Gasteiger partial charge in [0.1, 0.15) is 17.3 Å². The Morgan fingerprint density at radius 3 is 2.50 bits per heavy atom. The Labute approximate surface area is 108 Å². The lowest BCUT2D eigenvalue weighted by Crippen LogP contribution is -2.12. The standard InChI is InChI=1S/C15H19N3/c1-10-7-11(2)9-12(8-10)14-15(16)18-6-4-3-5-13(18)17-14/h7-9H,3-6,16H2,1-2H3. The first-order valence-electron chi connectivity index (χ1n) is 6.58. The van der Waals surface area contributed by atoms with Crippen LogP contribution in [0.2, 0.25) is 0 Å². The van der Waals surface area contributed by atoms with Crippen LogP contribution in [0.1, 0.15) is 29.8 Å². The van der Waals surface area contributed by atoms with Crippen molar-refractivity contribution in [2.24, 2.45) is 0 Å². The number of nitrogen functional groups attached to an aromatic ring is 1. The fraction of sp³-hybridized carbons (Fsp3) is 0.400. The zero-order valence-electron chi connectivity index (χ0n) is 11.0. The summed E-state index contributed by atoms with van der Waals surface area (Å²) in [6.45, 7) is 5.24. The molecule has 0 unspecified atom stereocenters. The number of imidazole rings is 1. The molecule has 94 valence electrons. The third kappa shape index (κ3) is 1.80. The number of aromatic nitrogens is 2. The van der Waals surface area contributed by atoms with Crippen LogP contribution in [0, 0.1) is 13.8 Å². The van der Waals surface area contributed by atoms with Crippen molar-refractivity contribution in [1.29, 1.82) is 0 Å². The number of anilines is 1. The summed E-state index contributed by atoms with van der Waals surface area (Å²) in [5, 5.41) is 0. The molecule has 0 fully saturated rings. The zero-order chi connectivity index (χ0) is 12.7. The van der Waals surface area contributed by atoms with Gasteiger partial charge in [-0.05, 0) is 38.8 Å². The van der Waals surface area contributed by atoms with Crippen LogP contribution in [0.15, 0.2) is 18.2 Å². The number of benzene rings is 1. The molecule has 0 amide bonds. The zero-order valence-corrected chi connectivity index (χ0v) is 11.0. The average molecular weight is 241 g/mol. The minimum Gasteiger partial charge on any atom is -0.383 e. The van der Waals surface area contributed by atoms with Gasteiger partial charge in [-0.25, -0.2) is 4.98 Å². The van der Waals surface area contributed by atoms with Crippen molar-refractivity contribution in [3.63, 3.8) is 0 Å². The van der Waals surface area contributed by atoms with Gasteiger partial charge in [0, 0.05) is 18.5 Å². The molecule has 0 saturated carbocycles. The Bertz CT molecular complexity index is 576. The monoisotopic (exact) mass is 241 g/mol. The molecule has 1 aliphatic rings. The van der Waals surface area contributed by atoms with Crippen LogP contribution in [0.5, 0.6) is 0 Å². The summed E-state index contributed by atoms with van der Waals surface area (Å²) in [5.41, 5.74) is 10.9. The largest absolute Gasteiger partial charge is 0.383 e. The maximum absolute atomic E-state index is 6.26. The molecule has 1 aliphatic heterocycles. The van der Waals surface area contributed by atoms with Crippen LogP contribution in [-0.4, -0.2) is 9.55 Å². The summed E-state index contributed by atoms with van der Waals surface area (Å²) < 4.78 is 2.18. The molecular formula is C15H19N3. The average Bonchev–Trinajstić information content (AvgIpc) is 2.66. The van der Waals surface area contributed by atoms with E-state index in [0.29, 0.717) is 0 Å². The van der Waals surface area contributed by atoms with Crippen LogP contribution in [-0.2, 0) is 13.0 Å². The molecule has 0 saturated heterocycles. The molecule has 1 aromatic heterocycles. The van der Waals surface area contributed by atoms with Gasteiger partial charge >= 0.3 is 0 Å². The second-order valence-electron chi connectivity index (χ2n) is 5.25. The number of rotatable bonds is 1. The quantitative estimate of drug-likeness (QED) is 0.833. The number of nitrogens with two attached hydrogens (primary N) is 1. The van der Waals surface area contributed by atoms with E-state index in [2.05, 4.69) is 36.6 Å². The molecule has 3 rings (SSSR count). The third-order valence-electron chi connectivity index (χ3n) is 3.61. The van der Waals surface area contributed by atoms with Gasteiger partial charge < -0.3 is 10.3 Å². The van der Waals surface area contributed by atoms with Crippen molar-refractivity contribution in [3.8, 4) is 11.3 Å². The predicted molar refractivity (Wildman–Crippen MR) is 74.5 cm³/mol. The minimum absolute atomic E-state index is 0.828. The van der Waals surface area contributed by atoms with E-state index in [9.17, 15) is 0 Å². The first-order valence-corrected chi connectivity index (χ1v) is 6.58. The summed E-state index contributed by atoms with van der Waals surface area (Å²) in [6, 6.07) is 6.51. The van der Waals surface area contributed by atoms with Gasteiger partial charge in [0.2, 0.25) is 0 Å². The maximum atomic E-state index is 6.26. The van der Waals surface area contributed by atoms with E-state index in [0.717, 1.165) is 35.9 Å². The third-order valence-corrected chi connectivity index (χ3v) is 3.61. The SMILES string of the molecule is Cc1cc(C)cc(-c2nc3n(c2N)CCCC3)c1. The minimum atomic E-state index is 0.828. The van der Waals surface area contributed by atoms with Crippen LogP contribution >= 0.6 is 0 Å². The second kappa shape index (κ2) is 4.16. The Balaban J connectivity index is 2.14. The number of fused-ring (bicyclic) bond motifs is 1. The van der Waals surface area contributed by atoms with Gasteiger partial charge in [-0.1, -0.05) is 17.2 Å². The lowest BCUT2D eigenvalue weighted by atomic mass is 10.1. The van der Waals surface area contributed by atoms with E-state index in [1.165, 1.54) is 24.0 Å². The van der Waals surface area contributed by atoms with Gasteiger partial charge in [-0.3, -0.25) is 0 Å². The van der Waals surface area contributed by atoms with Crippen molar-refractivity contribution >= 4 is 5.82 Å². The topological polar surface area (TPSA) is 43.8 Å². The number of aryl methyl sites for hydroxylation is 3. The molecule has 2 aromatic rings. The van der Waals surface area contributed by atoms with Gasteiger partial charge in [-0.2, -0.15) is 0 Å². The molecule has 0 aliphatic carbocycles. The molecule has 3 heteroatoms. The summed E-state index contributed by atoms with van der Waals surface area (Å²) in [6.07, 6.45) is 3.48. The Hall–Kier alpha value is -1.77. The Kier molecular flexibility index (Phi) is 2.62. The summed E-state index contributed by atoms with van der Waals surface area (Å²) >= 11 is 0. The molecule has 0 radical (unpaired) electrons. The summed E-state index contributed by atoms with van der Waals surface area (Å²) in [5.74, 6) is 1.97. The predicted octanol–water partition coefficient (Wildman–Crippen LogP) is 3.09. The lowest BCUT2D eigenvalue weighted by Gasteiger charge is -2.14. The number of hydrogen-bond acceptors (Lipinski definition) is 2. The smallest absolute Gasteiger partial charge is 0.131 e.